The van der Waals surface area contributed by atoms with Crippen LogP contribution in [0, 0.1) is 11.3 Å². The van der Waals surface area contributed by atoms with Crippen molar-refractivity contribution in [2.75, 3.05) is 52.9 Å². The lowest BCUT2D eigenvalue weighted by Crippen LogP contribution is -2.52. The smallest absolute Gasteiger partial charge is 0.220 e. The van der Waals surface area contributed by atoms with Crippen LogP contribution in [0.4, 0.5) is 0 Å². The van der Waals surface area contributed by atoms with Crippen molar-refractivity contribution in [1.29, 1.82) is 0 Å². The summed E-state index contributed by atoms with van der Waals surface area (Å²) >= 11 is 0. The van der Waals surface area contributed by atoms with Crippen LogP contribution in [0.3, 0.4) is 0 Å². The van der Waals surface area contributed by atoms with Gasteiger partial charge in [0, 0.05) is 45.1 Å². The minimum atomic E-state index is 0. The van der Waals surface area contributed by atoms with Crippen molar-refractivity contribution in [2.45, 2.75) is 45.4 Å². The summed E-state index contributed by atoms with van der Waals surface area (Å²) in [6.45, 7) is 9.81. The second-order valence-electron chi connectivity index (χ2n) is 8.19. The molecule has 3 heterocycles. The normalized spacial score (nSPS) is 28.2. The molecule has 1 unspecified atom stereocenters. The van der Waals surface area contributed by atoms with Crippen molar-refractivity contribution in [2.24, 2.45) is 16.3 Å². The third kappa shape index (κ3) is 5.47. The van der Waals surface area contributed by atoms with E-state index in [1.54, 1.807) is 0 Å². The van der Waals surface area contributed by atoms with Gasteiger partial charge >= 0.3 is 0 Å². The number of guanidine groups is 1. The van der Waals surface area contributed by atoms with Gasteiger partial charge in [-0.05, 0) is 57.7 Å². The molecule has 0 aliphatic carbocycles. The fraction of sp³-hybridized carbons (Fsp3) is 0.895. The lowest BCUT2D eigenvalue weighted by molar-refractivity contribution is -0.119. The molecule has 1 amide bonds. The molecule has 6 nitrogen and oxygen atoms in total. The maximum absolute atomic E-state index is 11.7. The summed E-state index contributed by atoms with van der Waals surface area (Å²) in [7, 11) is 1.88. The van der Waals surface area contributed by atoms with Gasteiger partial charge < -0.3 is 20.4 Å². The van der Waals surface area contributed by atoms with E-state index < -0.39 is 0 Å². The van der Waals surface area contributed by atoms with E-state index in [-0.39, 0.29) is 35.3 Å². The third-order valence-corrected chi connectivity index (χ3v) is 6.16. The zero-order valence-corrected chi connectivity index (χ0v) is 18.8. The Morgan fingerprint density at radius 1 is 1.35 bits per heavy atom. The van der Waals surface area contributed by atoms with E-state index >= 15 is 0 Å². The Balaban J connectivity index is 0.00000243. The van der Waals surface area contributed by atoms with Gasteiger partial charge in [-0.2, -0.15) is 0 Å². The fourth-order valence-corrected chi connectivity index (χ4v) is 4.73. The summed E-state index contributed by atoms with van der Waals surface area (Å²) in [5.74, 6) is 1.98. The molecule has 0 aromatic carbocycles. The molecule has 0 aromatic heterocycles. The Kier molecular flexibility index (Phi) is 8.44. The van der Waals surface area contributed by atoms with Gasteiger partial charge in [-0.3, -0.25) is 9.79 Å². The van der Waals surface area contributed by atoms with Gasteiger partial charge in [-0.15, -0.1) is 24.0 Å². The van der Waals surface area contributed by atoms with E-state index in [9.17, 15) is 4.79 Å². The average Bonchev–Trinajstić information content (AvgIpc) is 2.97. The highest BCUT2D eigenvalue weighted by Gasteiger charge is 2.42. The van der Waals surface area contributed by atoms with Crippen molar-refractivity contribution in [3.05, 3.63) is 0 Å². The number of piperidine rings is 2. The van der Waals surface area contributed by atoms with Crippen molar-refractivity contribution >= 4 is 35.8 Å². The van der Waals surface area contributed by atoms with Crippen molar-refractivity contribution in [1.82, 2.24) is 20.4 Å². The van der Waals surface area contributed by atoms with Crippen LogP contribution in [0.2, 0.25) is 0 Å². The molecule has 1 spiro atoms. The van der Waals surface area contributed by atoms with Crippen LogP contribution in [0.15, 0.2) is 4.99 Å². The first kappa shape index (κ1) is 21.7. The molecule has 1 atom stereocenters. The first-order chi connectivity index (χ1) is 12.1. The number of amides is 1. The van der Waals surface area contributed by atoms with E-state index in [4.69, 9.17) is 0 Å². The van der Waals surface area contributed by atoms with E-state index in [0.29, 0.717) is 6.42 Å². The van der Waals surface area contributed by atoms with Crippen molar-refractivity contribution in [3.63, 3.8) is 0 Å². The minimum absolute atomic E-state index is 0. The molecule has 0 aromatic rings. The highest BCUT2D eigenvalue weighted by molar-refractivity contribution is 14.0. The van der Waals surface area contributed by atoms with Crippen LogP contribution in [-0.4, -0.2) is 74.5 Å². The van der Waals surface area contributed by atoms with E-state index in [0.717, 1.165) is 50.9 Å². The van der Waals surface area contributed by atoms with Gasteiger partial charge in [0.1, 0.15) is 0 Å². The number of nitrogens with zero attached hydrogens (tertiary/aromatic N) is 3. The summed E-state index contributed by atoms with van der Waals surface area (Å²) < 4.78 is 0. The maximum Gasteiger partial charge on any atom is 0.220 e. The zero-order chi connectivity index (χ0) is 17.7. The predicted octanol–water partition coefficient (Wildman–Crippen LogP) is 1.90. The van der Waals surface area contributed by atoms with E-state index in [1.165, 1.54) is 38.9 Å². The summed E-state index contributed by atoms with van der Waals surface area (Å²) in [5, 5.41) is 6.65. The molecule has 150 valence electrons. The maximum atomic E-state index is 11.7. The monoisotopic (exact) mass is 477 g/mol. The van der Waals surface area contributed by atoms with Crippen LogP contribution in [-0.2, 0) is 4.79 Å². The predicted molar refractivity (Wildman–Crippen MR) is 117 cm³/mol. The molecule has 0 saturated carbocycles. The number of nitrogens with one attached hydrogen (secondary N) is 2. The number of hydrogen-bond donors (Lipinski definition) is 2. The van der Waals surface area contributed by atoms with Crippen molar-refractivity contribution in [3.8, 4) is 0 Å². The Morgan fingerprint density at radius 2 is 2.12 bits per heavy atom. The Hall–Kier alpha value is -0.570. The molecule has 0 radical (unpaired) electrons. The minimum Gasteiger partial charge on any atom is -0.356 e. The summed E-state index contributed by atoms with van der Waals surface area (Å²) in [6.07, 6.45) is 6.79. The van der Waals surface area contributed by atoms with Crippen LogP contribution < -0.4 is 10.6 Å². The molecular weight excluding hydrogens is 441 g/mol. The van der Waals surface area contributed by atoms with Gasteiger partial charge in [0.15, 0.2) is 5.96 Å². The molecule has 7 heteroatoms. The second kappa shape index (κ2) is 10.1. The lowest BCUT2D eigenvalue weighted by Gasteiger charge is -2.41. The van der Waals surface area contributed by atoms with Crippen LogP contribution in [0.25, 0.3) is 0 Å². The lowest BCUT2D eigenvalue weighted by atomic mass is 9.79. The molecule has 3 fully saturated rings. The SMILES string of the molecule is CCCN1CCC(CNC(=NC)N2CCCC3(CNC(=O)C3)C2)CC1.I. The number of halogens is 1. The number of carbonyl (C=O) groups excluding carboxylic acids is 1. The van der Waals surface area contributed by atoms with Crippen molar-refractivity contribution < 1.29 is 4.79 Å². The molecule has 3 saturated heterocycles. The molecule has 2 N–H and O–H groups in total. The highest BCUT2D eigenvalue weighted by Crippen LogP contribution is 2.36. The molecule has 3 aliphatic heterocycles. The van der Waals surface area contributed by atoms with Crippen LogP contribution in [0.5, 0.6) is 0 Å². The molecule has 0 bridgehead atoms. The van der Waals surface area contributed by atoms with Crippen LogP contribution in [0.1, 0.15) is 45.4 Å². The molecule has 26 heavy (non-hydrogen) atoms. The van der Waals surface area contributed by atoms with E-state index in [2.05, 4.69) is 32.3 Å². The standard InChI is InChI=1S/C19H35N5O.HI/c1-3-8-23-10-5-16(6-11-23)13-21-18(20-2)24-9-4-7-19(15-24)12-17(25)22-14-19;/h16H,3-15H2,1-2H3,(H,20,21)(H,22,25);1H. The van der Waals surface area contributed by atoms with Gasteiger partial charge in [0.25, 0.3) is 0 Å². The van der Waals surface area contributed by atoms with Crippen LogP contribution >= 0.6 is 24.0 Å². The number of likely N-dealkylation sites (tertiary alicyclic amines) is 2. The zero-order valence-electron chi connectivity index (χ0n) is 16.4. The van der Waals surface area contributed by atoms with E-state index in [1.807, 2.05) is 7.05 Å². The fourth-order valence-electron chi connectivity index (χ4n) is 4.73. The topological polar surface area (TPSA) is 60.0 Å². The number of rotatable bonds is 4. The quantitative estimate of drug-likeness (QED) is 0.369. The summed E-state index contributed by atoms with van der Waals surface area (Å²) in [4.78, 5) is 21.2. The summed E-state index contributed by atoms with van der Waals surface area (Å²) in [5.41, 5.74) is 0.123. The number of aliphatic imine (C=N–C) groups is 1. The largest absolute Gasteiger partial charge is 0.356 e. The average molecular weight is 477 g/mol. The Labute approximate surface area is 175 Å². The van der Waals surface area contributed by atoms with Gasteiger partial charge in [0.05, 0.1) is 0 Å². The Bertz CT molecular complexity index is 492. The molecular formula is C19H36IN5O. The first-order valence-electron chi connectivity index (χ1n) is 10.1. The summed E-state index contributed by atoms with van der Waals surface area (Å²) in [6, 6.07) is 0. The first-order valence-corrected chi connectivity index (χ1v) is 10.1. The second-order valence-corrected chi connectivity index (χ2v) is 8.19. The Morgan fingerprint density at radius 3 is 2.73 bits per heavy atom. The third-order valence-electron chi connectivity index (χ3n) is 6.16. The molecule has 3 rings (SSSR count). The van der Waals surface area contributed by atoms with Gasteiger partial charge in [0.2, 0.25) is 5.91 Å². The highest BCUT2D eigenvalue weighted by atomic mass is 127. The number of carbonyl (C=O) groups is 1. The van der Waals surface area contributed by atoms with Gasteiger partial charge in [-0.1, -0.05) is 6.92 Å². The number of hydrogen-bond acceptors (Lipinski definition) is 3. The van der Waals surface area contributed by atoms with Gasteiger partial charge in [-0.25, -0.2) is 0 Å². The molecule has 3 aliphatic rings.